The van der Waals surface area contributed by atoms with Gasteiger partial charge in [-0.1, -0.05) is 36.4 Å². The maximum absolute atomic E-state index is 15.0. The summed E-state index contributed by atoms with van der Waals surface area (Å²) in [7, 11) is 1.68. The number of aromatic hydroxyl groups is 1. The number of piperidine rings is 1. The molecule has 1 amide bonds. The molecule has 0 spiro atoms. The van der Waals surface area contributed by atoms with Crippen LogP contribution in [-0.2, 0) is 22.5 Å². The van der Waals surface area contributed by atoms with Crippen LogP contribution >= 0.6 is 0 Å². The molecule has 1 aliphatic heterocycles. The van der Waals surface area contributed by atoms with E-state index in [1.165, 1.54) is 6.07 Å². The summed E-state index contributed by atoms with van der Waals surface area (Å²) in [6.45, 7) is 4.69. The Labute approximate surface area is 240 Å². The third-order valence-electron chi connectivity index (χ3n) is 8.20. The van der Waals surface area contributed by atoms with Gasteiger partial charge < -0.3 is 25.0 Å². The lowest BCUT2D eigenvalue weighted by atomic mass is 9.91. The molecule has 2 aromatic heterocycles. The van der Waals surface area contributed by atoms with Gasteiger partial charge in [0.2, 0.25) is 11.8 Å². The summed E-state index contributed by atoms with van der Waals surface area (Å²) < 4.78 is 22.4. The monoisotopic (exact) mass is 558 g/mol. The van der Waals surface area contributed by atoms with Crippen molar-refractivity contribution in [2.24, 2.45) is 5.73 Å². The van der Waals surface area contributed by atoms with E-state index in [0.29, 0.717) is 38.2 Å². The summed E-state index contributed by atoms with van der Waals surface area (Å²) in [6, 6.07) is 16.4. The number of likely N-dealkylation sites (tertiary alicyclic amines) is 1. The van der Waals surface area contributed by atoms with Gasteiger partial charge in [0.15, 0.2) is 0 Å². The number of ether oxygens (including phenoxy) is 1. The van der Waals surface area contributed by atoms with Crippen molar-refractivity contribution < 1.29 is 19.0 Å². The van der Waals surface area contributed by atoms with E-state index in [2.05, 4.69) is 16.5 Å². The summed E-state index contributed by atoms with van der Waals surface area (Å²) in [5.41, 5.74) is 12.3. The fraction of sp³-hybridized carbons (Fsp3) is 0.394. The Morgan fingerprint density at radius 1 is 1.17 bits per heavy atom. The Bertz CT molecular complexity index is 1480. The maximum atomic E-state index is 15.0. The van der Waals surface area contributed by atoms with Crippen LogP contribution in [0.3, 0.4) is 0 Å². The smallest absolute Gasteiger partial charge is 0.224 e. The number of hydrogen-bond donors (Lipinski definition) is 2. The van der Waals surface area contributed by atoms with E-state index < -0.39 is 0 Å². The van der Waals surface area contributed by atoms with E-state index in [0.717, 1.165) is 52.6 Å². The highest BCUT2D eigenvalue weighted by Gasteiger charge is 2.30. The largest absolute Gasteiger partial charge is 0.493 e. The number of carbonyl (C=O) groups excluding carboxylic acids is 1. The molecule has 2 unspecified atom stereocenters. The second-order valence-corrected chi connectivity index (χ2v) is 11.1. The molecule has 0 saturated carbocycles. The van der Waals surface area contributed by atoms with Crippen molar-refractivity contribution in [1.82, 2.24) is 14.5 Å². The zero-order valence-corrected chi connectivity index (χ0v) is 23.9. The van der Waals surface area contributed by atoms with Gasteiger partial charge in [0.05, 0.1) is 5.52 Å². The molecule has 0 aliphatic carbocycles. The van der Waals surface area contributed by atoms with Crippen molar-refractivity contribution in [3.8, 4) is 17.0 Å². The van der Waals surface area contributed by atoms with Gasteiger partial charge in [0.1, 0.15) is 5.82 Å². The highest BCUT2D eigenvalue weighted by Crippen LogP contribution is 2.37. The van der Waals surface area contributed by atoms with Crippen LogP contribution in [0.25, 0.3) is 22.0 Å². The average molecular weight is 559 g/mol. The first-order chi connectivity index (χ1) is 19.9. The zero-order chi connectivity index (χ0) is 28.9. The van der Waals surface area contributed by atoms with Crippen LogP contribution in [0.15, 0.2) is 60.8 Å². The van der Waals surface area contributed by atoms with Crippen LogP contribution in [0.5, 0.6) is 5.88 Å². The van der Waals surface area contributed by atoms with Crippen molar-refractivity contribution in [1.29, 1.82) is 0 Å². The van der Waals surface area contributed by atoms with E-state index in [9.17, 15) is 9.90 Å². The Morgan fingerprint density at radius 2 is 1.95 bits per heavy atom. The molecule has 3 heterocycles. The van der Waals surface area contributed by atoms with Gasteiger partial charge in [-0.15, -0.1) is 0 Å². The van der Waals surface area contributed by atoms with Gasteiger partial charge in [0.25, 0.3) is 0 Å². The quantitative estimate of drug-likeness (QED) is 0.249. The number of pyridine rings is 1. The standard InChI is InChI=1S/C33H39FN4O3/c1-22-28-7-3-8-29(34)33(28)38(16-5-17-41-2)32(22)26-6-4-15-37(21-26)31(40)19-27(35)18-23-9-11-24(12-10-23)25-13-14-30(39)36-20-25/h3,7-14,20,26-27H,4-6,15-19,21,35H2,1-2H3,(H,36,39). The summed E-state index contributed by atoms with van der Waals surface area (Å²) in [5, 5.41) is 10.4. The molecular formula is C33H39FN4O3. The molecule has 8 heteroatoms. The number of fused-ring (bicyclic) bond motifs is 1. The van der Waals surface area contributed by atoms with E-state index >= 15 is 4.39 Å². The minimum Gasteiger partial charge on any atom is -0.493 e. The third-order valence-corrected chi connectivity index (χ3v) is 8.20. The average Bonchev–Trinajstić information content (AvgIpc) is 3.26. The van der Waals surface area contributed by atoms with Gasteiger partial charge in [-0.3, -0.25) is 4.79 Å². The number of methoxy groups -OCH3 is 1. The number of amides is 1. The summed E-state index contributed by atoms with van der Waals surface area (Å²) in [4.78, 5) is 19.3. The predicted octanol–water partition coefficient (Wildman–Crippen LogP) is 5.56. The molecule has 7 nitrogen and oxygen atoms in total. The van der Waals surface area contributed by atoms with Crippen molar-refractivity contribution in [3.05, 3.63) is 83.4 Å². The SMILES string of the molecule is COCCCn1c(C2CCCN(C(=O)CC(N)Cc3ccc(-c4ccc(O)nc4)cc3)C2)c(C)c2cccc(F)c21. The summed E-state index contributed by atoms with van der Waals surface area (Å²) in [6.07, 6.45) is 5.17. The number of nitrogens with two attached hydrogens (primary N) is 1. The molecule has 2 atom stereocenters. The number of nitrogens with zero attached hydrogens (tertiary/aromatic N) is 3. The van der Waals surface area contributed by atoms with Gasteiger partial charge >= 0.3 is 0 Å². The molecule has 1 fully saturated rings. The highest BCUT2D eigenvalue weighted by atomic mass is 19.1. The van der Waals surface area contributed by atoms with Crippen molar-refractivity contribution in [2.75, 3.05) is 26.8 Å². The molecule has 1 aliphatic rings. The lowest BCUT2D eigenvalue weighted by Gasteiger charge is -2.34. The van der Waals surface area contributed by atoms with Crippen LogP contribution in [0.2, 0.25) is 0 Å². The van der Waals surface area contributed by atoms with Crippen molar-refractivity contribution >= 4 is 16.8 Å². The second kappa shape index (κ2) is 12.8. The molecule has 2 aromatic carbocycles. The van der Waals surface area contributed by atoms with Gasteiger partial charge in [-0.25, -0.2) is 9.37 Å². The normalized spacial score (nSPS) is 16.3. The zero-order valence-electron chi connectivity index (χ0n) is 23.9. The number of benzene rings is 2. The third kappa shape index (κ3) is 6.44. The van der Waals surface area contributed by atoms with Gasteiger partial charge in [-0.2, -0.15) is 0 Å². The van der Waals surface area contributed by atoms with E-state index in [1.54, 1.807) is 25.4 Å². The number of rotatable bonds is 10. The first kappa shape index (κ1) is 28.8. The summed E-state index contributed by atoms with van der Waals surface area (Å²) >= 11 is 0. The van der Waals surface area contributed by atoms with Crippen LogP contribution in [0.1, 0.15) is 48.4 Å². The Hall–Kier alpha value is -3.75. The minimum absolute atomic E-state index is 0.00506. The molecule has 3 N–H and O–H groups in total. The molecule has 0 radical (unpaired) electrons. The van der Waals surface area contributed by atoms with Crippen LogP contribution in [-0.4, -0.2) is 58.3 Å². The highest BCUT2D eigenvalue weighted by molar-refractivity contribution is 5.86. The fourth-order valence-electron chi connectivity index (χ4n) is 6.22. The Balaban J connectivity index is 1.25. The number of carbonyl (C=O) groups is 1. The Morgan fingerprint density at radius 3 is 2.68 bits per heavy atom. The first-order valence-electron chi connectivity index (χ1n) is 14.4. The van der Waals surface area contributed by atoms with E-state index in [1.807, 2.05) is 41.3 Å². The maximum Gasteiger partial charge on any atom is 0.224 e. The molecular weight excluding hydrogens is 519 g/mol. The molecule has 216 valence electrons. The van der Waals surface area contributed by atoms with Crippen molar-refractivity contribution in [3.63, 3.8) is 0 Å². The summed E-state index contributed by atoms with van der Waals surface area (Å²) in [5.74, 6) is -0.00801. The number of aryl methyl sites for hydroxylation is 2. The Kier molecular flexibility index (Phi) is 9.00. The molecule has 41 heavy (non-hydrogen) atoms. The van der Waals surface area contributed by atoms with E-state index in [4.69, 9.17) is 10.5 Å². The van der Waals surface area contributed by atoms with Crippen LogP contribution in [0, 0.1) is 12.7 Å². The lowest BCUT2D eigenvalue weighted by molar-refractivity contribution is -0.132. The van der Waals surface area contributed by atoms with Crippen molar-refractivity contribution in [2.45, 2.75) is 57.5 Å². The number of aromatic nitrogens is 2. The van der Waals surface area contributed by atoms with Gasteiger partial charge in [0, 0.05) is 80.6 Å². The van der Waals surface area contributed by atoms with E-state index in [-0.39, 0.29) is 36.0 Å². The number of halogens is 1. The molecule has 0 bridgehead atoms. The van der Waals surface area contributed by atoms with Gasteiger partial charge in [-0.05, 0) is 61.4 Å². The topological polar surface area (TPSA) is 93.6 Å². The number of para-hydroxylation sites is 1. The predicted molar refractivity (Wildman–Crippen MR) is 159 cm³/mol. The lowest BCUT2D eigenvalue weighted by Crippen LogP contribution is -2.42. The first-order valence-corrected chi connectivity index (χ1v) is 14.4. The molecule has 5 rings (SSSR count). The molecule has 1 saturated heterocycles. The fourth-order valence-corrected chi connectivity index (χ4v) is 6.22. The van der Waals surface area contributed by atoms with Crippen LogP contribution < -0.4 is 5.73 Å². The number of hydrogen-bond acceptors (Lipinski definition) is 5. The van der Waals surface area contributed by atoms with Crippen LogP contribution in [0.4, 0.5) is 4.39 Å². The minimum atomic E-state index is -0.291. The molecule has 4 aromatic rings. The second-order valence-electron chi connectivity index (χ2n) is 11.1.